The molecule has 2 heteroatoms. The fourth-order valence-corrected chi connectivity index (χ4v) is 2.05. The predicted molar refractivity (Wildman–Crippen MR) is 41.2 cm³/mol. The van der Waals surface area contributed by atoms with Gasteiger partial charge in [-0.3, -0.25) is 5.84 Å². The topological polar surface area (TPSA) is 29.3 Å². The van der Waals surface area contributed by atoms with Gasteiger partial charge in [-0.1, -0.05) is 12.2 Å². The summed E-state index contributed by atoms with van der Waals surface area (Å²) in [6.07, 6.45) is 8.37. The molecule has 2 aliphatic rings. The lowest BCUT2D eigenvalue weighted by Gasteiger charge is -2.21. The highest BCUT2D eigenvalue weighted by Gasteiger charge is 2.36. The van der Waals surface area contributed by atoms with Crippen molar-refractivity contribution in [3.8, 4) is 0 Å². The molecule has 10 heavy (non-hydrogen) atoms. The average molecular weight is 138 g/mol. The van der Waals surface area contributed by atoms with E-state index in [9.17, 15) is 0 Å². The summed E-state index contributed by atoms with van der Waals surface area (Å²) in [5.74, 6) is 5.69. The Bertz CT molecular complexity index is 155. The van der Waals surface area contributed by atoms with Gasteiger partial charge in [0.2, 0.25) is 0 Å². The largest absolute Gasteiger partial charge is 0.269 e. The van der Waals surface area contributed by atoms with Crippen molar-refractivity contribution in [2.24, 2.45) is 11.3 Å². The minimum absolute atomic E-state index is 0.550. The highest BCUT2D eigenvalue weighted by molar-refractivity contribution is 5.06. The molecule has 0 aromatic heterocycles. The number of hydrazine groups is 1. The van der Waals surface area contributed by atoms with E-state index in [2.05, 4.69) is 12.2 Å². The highest BCUT2D eigenvalue weighted by atomic mass is 15.4. The molecule has 0 aromatic rings. The number of nitrogens with zero attached hydrogens (tertiary/aromatic N) is 1. The van der Waals surface area contributed by atoms with Crippen LogP contribution in [0.3, 0.4) is 0 Å². The minimum atomic E-state index is 0.550. The van der Waals surface area contributed by atoms with E-state index in [-0.39, 0.29) is 0 Å². The van der Waals surface area contributed by atoms with E-state index in [1.54, 1.807) is 0 Å². The summed E-state index contributed by atoms with van der Waals surface area (Å²) in [6.45, 7) is 2.18. The Morgan fingerprint density at radius 3 is 2.50 bits per heavy atom. The van der Waals surface area contributed by atoms with E-state index in [1.165, 1.54) is 19.3 Å². The predicted octanol–water partition coefficient (Wildman–Crippen LogP) is 0.902. The van der Waals surface area contributed by atoms with E-state index >= 15 is 0 Å². The second-order valence-corrected chi connectivity index (χ2v) is 3.60. The summed E-state index contributed by atoms with van der Waals surface area (Å²) in [5.41, 5.74) is 0.550. The molecule has 0 unspecified atom stereocenters. The molecule has 0 atom stereocenters. The van der Waals surface area contributed by atoms with Crippen LogP contribution in [0.5, 0.6) is 0 Å². The molecule has 2 N–H and O–H groups in total. The van der Waals surface area contributed by atoms with Gasteiger partial charge in [-0.2, -0.15) is 0 Å². The van der Waals surface area contributed by atoms with Gasteiger partial charge in [0.15, 0.2) is 0 Å². The summed E-state index contributed by atoms with van der Waals surface area (Å²) in [6, 6.07) is 0. The van der Waals surface area contributed by atoms with Crippen LogP contribution in [0.25, 0.3) is 0 Å². The lowest BCUT2D eigenvalue weighted by atomic mass is 9.85. The molecule has 0 aromatic carbocycles. The van der Waals surface area contributed by atoms with Crippen molar-refractivity contribution in [3.63, 3.8) is 0 Å². The number of nitrogens with two attached hydrogens (primary N) is 1. The van der Waals surface area contributed by atoms with Crippen molar-refractivity contribution in [3.05, 3.63) is 12.2 Å². The van der Waals surface area contributed by atoms with Crippen LogP contribution in [-0.4, -0.2) is 18.1 Å². The molecular weight excluding hydrogens is 124 g/mol. The summed E-state index contributed by atoms with van der Waals surface area (Å²) in [4.78, 5) is 0. The molecule has 1 fully saturated rings. The quantitative estimate of drug-likeness (QED) is 0.398. The number of hydrogen-bond acceptors (Lipinski definition) is 2. The van der Waals surface area contributed by atoms with E-state index in [1.807, 2.05) is 5.01 Å². The normalized spacial score (nSPS) is 30.5. The van der Waals surface area contributed by atoms with Crippen LogP contribution in [0.4, 0.5) is 0 Å². The molecule has 1 saturated heterocycles. The van der Waals surface area contributed by atoms with Crippen LogP contribution in [0.15, 0.2) is 12.2 Å². The Hall–Kier alpha value is -0.340. The Morgan fingerprint density at radius 2 is 2.00 bits per heavy atom. The van der Waals surface area contributed by atoms with Gasteiger partial charge >= 0.3 is 0 Å². The summed E-state index contributed by atoms with van der Waals surface area (Å²) in [5, 5.41) is 1.95. The molecule has 2 rings (SSSR count). The van der Waals surface area contributed by atoms with Crippen molar-refractivity contribution in [2.45, 2.75) is 19.3 Å². The fourth-order valence-electron chi connectivity index (χ4n) is 2.05. The zero-order valence-corrected chi connectivity index (χ0v) is 6.21. The number of hydrogen-bond donors (Lipinski definition) is 1. The minimum Gasteiger partial charge on any atom is -0.269 e. The highest BCUT2D eigenvalue weighted by Crippen LogP contribution is 2.40. The van der Waals surface area contributed by atoms with E-state index in [4.69, 9.17) is 5.84 Å². The standard InChI is InChI=1S/C8H14N2/c9-10-6-5-8(7-10)3-1-2-4-8/h1-2H,3-7,9H2. The van der Waals surface area contributed by atoms with Crippen LogP contribution in [0, 0.1) is 5.41 Å². The molecule has 1 spiro atoms. The van der Waals surface area contributed by atoms with E-state index in [0.717, 1.165) is 13.1 Å². The Balaban J connectivity index is 2.05. The van der Waals surface area contributed by atoms with Gasteiger partial charge in [0.1, 0.15) is 0 Å². The first-order valence-corrected chi connectivity index (χ1v) is 3.95. The van der Waals surface area contributed by atoms with Crippen molar-refractivity contribution in [1.82, 2.24) is 5.01 Å². The monoisotopic (exact) mass is 138 g/mol. The molecule has 0 amide bonds. The Kier molecular flexibility index (Phi) is 1.32. The molecule has 0 saturated carbocycles. The molecular formula is C8H14N2. The van der Waals surface area contributed by atoms with Crippen LogP contribution >= 0.6 is 0 Å². The van der Waals surface area contributed by atoms with E-state index in [0.29, 0.717) is 5.41 Å². The lowest BCUT2D eigenvalue weighted by molar-refractivity contribution is 0.274. The first-order valence-electron chi connectivity index (χ1n) is 3.95. The van der Waals surface area contributed by atoms with Crippen LogP contribution in [0.2, 0.25) is 0 Å². The summed E-state index contributed by atoms with van der Waals surface area (Å²) < 4.78 is 0. The van der Waals surface area contributed by atoms with Gasteiger partial charge < -0.3 is 0 Å². The summed E-state index contributed by atoms with van der Waals surface area (Å²) >= 11 is 0. The van der Waals surface area contributed by atoms with Crippen molar-refractivity contribution >= 4 is 0 Å². The first-order chi connectivity index (χ1) is 4.81. The molecule has 0 bridgehead atoms. The second kappa shape index (κ2) is 2.07. The maximum absolute atomic E-state index is 5.69. The van der Waals surface area contributed by atoms with Crippen LogP contribution in [-0.2, 0) is 0 Å². The first kappa shape index (κ1) is 6.38. The molecule has 56 valence electrons. The second-order valence-electron chi connectivity index (χ2n) is 3.60. The van der Waals surface area contributed by atoms with Gasteiger partial charge in [-0.15, -0.1) is 0 Å². The molecule has 1 heterocycles. The van der Waals surface area contributed by atoms with Crippen LogP contribution < -0.4 is 5.84 Å². The third-order valence-electron chi connectivity index (χ3n) is 2.74. The number of allylic oxidation sites excluding steroid dienone is 2. The van der Waals surface area contributed by atoms with Crippen molar-refractivity contribution < 1.29 is 0 Å². The third-order valence-corrected chi connectivity index (χ3v) is 2.74. The molecule has 2 nitrogen and oxygen atoms in total. The zero-order valence-electron chi connectivity index (χ0n) is 6.21. The summed E-state index contributed by atoms with van der Waals surface area (Å²) in [7, 11) is 0. The van der Waals surface area contributed by atoms with Crippen LogP contribution in [0.1, 0.15) is 19.3 Å². The maximum atomic E-state index is 5.69. The van der Waals surface area contributed by atoms with Gasteiger partial charge in [0, 0.05) is 13.1 Å². The van der Waals surface area contributed by atoms with E-state index < -0.39 is 0 Å². The molecule has 1 aliphatic heterocycles. The Morgan fingerprint density at radius 1 is 1.30 bits per heavy atom. The maximum Gasteiger partial charge on any atom is 0.0191 e. The van der Waals surface area contributed by atoms with Crippen molar-refractivity contribution in [2.75, 3.05) is 13.1 Å². The molecule has 0 radical (unpaired) electrons. The molecule has 1 aliphatic carbocycles. The Labute approximate surface area is 61.7 Å². The number of rotatable bonds is 0. The average Bonchev–Trinajstić information content (AvgIpc) is 2.46. The lowest BCUT2D eigenvalue weighted by Crippen LogP contribution is -2.30. The smallest absolute Gasteiger partial charge is 0.0191 e. The zero-order chi connectivity index (χ0) is 7.03. The van der Waals surface area contributed by atoms with Gasteiger partial charge in [0.25, 0.3) is 0 Å². The van der Waals surface area contributed by atoms with Crippen molar-refractivity contribution in [1.29, 1.82) is 0 Å². The van der Waals surface area contributed by atoms with Gasteiger partial charge in [0.05, 0.1) is 0 Å². The van der Waals surface area contributed by atoms with Gasteiger partial charge in [-0.25, -0.2) is 5.01 Å². The third kappa shape index (κ3) is 0.879. The fraction of sp³-hybridized carbons (Fsp3) is 0.750. The van der Waals surface area contributed by atoms with Gasteiger partial charge in [-0.05, 0) is 24.7 Å². The SMILES string of the molecule is NN1CCC2(CC=CC2)C1.